The van der Waals surface area contributed by atoms with Gasteiger partial charge in [-0.25, -0.2) is 0 Å². The third-order valence-corrected chi connectivity index (χ3v) is 3.44. The molecule has 1 aromatic carbocycles. The van der Waals surface area contributed by atoms with Gasteiger partial charge in [0.2, 0.25) is 11.8 Å². The number of benzene rings is 1. The number of amides is 3. The van der Waals surface area contributed by atoms with Crippen molar-refractivity contribution in [1.82, 2.24) is 5.32 Å². The van der Waals surface area contributed by atoms with Crippen LogP contribution in [-0.2, 0) is 9.59 Å². The van der Waals surface area contributed by atoms with Crippen molar-refractivity contribution in [2.24, 2.45) is 5.92 Å². The molecule has 1 atom stereocenters. The number of hydrogen-bond donors (Lipinski definition) is 3. The molecule has 0 unspecified atom stereocenters. The molecule has 7 heteroatoms. The molecule has 7 nitrogen and oxygen atoms in total. The van der Waals surface area contributed by atoms with Crippen LogP contribution in [0.1, 0.15) is 31.3 Å². The second kappa shape index (κ2) is 8.14. The van der Waals surface area contributed by atoms with E-state index in [-0.39, 0.29) is 29.4 Å². The smallest absolute Gasteiger partial charge is 0.291 e. The Morgan fingerprint density at radius 3 is 2.24 bits per heavy atom. The first-order chi connectivity index (χ1) is 11.9. The maximum absolute atomic E-state index is 12.4. The minimum absolute atomic E-state index is 0.0641. The SMILES string of the molecule is CC(=O)N[C@@H](C(=O)Nc1cccc(NC(=O)c2ccco2)c1)C(C)C. The molecule has 3 N–H and O–H groups in total. The number of hydrogen-bond acceptors (Lipinski definition) is 4. The Morgan fingerprint density at radius 1 is 1.00 bits per heavy atom. The average Bonchev–Trinajstić information content (AvgIpc) is 3.07. The number of anilines is 2. The average molecular weight is 343 g/mol. The number of rotatable bonds is 6. The fourth-order valence-corrected chi connectivity index (χ4v) is 2.25. The van der Waals surface area contributed by atoms with Gasteiger partial charge in [0.1, 0.15) is 6.04 Å². The molecule has 1 heterocycles. The zero-order valence-electron chi connectivity index (χ0n) is 14.3. The lowest BCUT2D eigenvalue weighted by molar-refractivity contribution is -0.126. The van der Waals surface area contributed by atoms with Gasteiger partial charge in [-0.3, -0.25) is 14.4 Å². The predicted molar refractivity (Wildman–Crippen MR) is 94.2 cm³/mol. The predicted octanol–water partition coefficient (Wildman–Crippen LogP) is 2.63. The normalized spacial score (nSPS) is 11.7. The highest BCUT2D eigenvalue weighted by Gasteiger charge is 2.23. The van der Waals surface area contributed by atoms with Crippen LogP contribution in [0.2, 0.25) is 0 Å². The van der Waals surface area contributed by atoms with Gasteiger partial charge in [0, 0.05) is 18.3 Å². The van der Waals surface area contributed by atoms with E-state index >= 15 is 0 Å². The molecular formula is C18H21N3O4. The Balaban J connectivity index is 2.06. The number of carbonyl (C=O) groups is 3. The van der Waals surface area contributed by atoms with Crippen LogP contribution in [0.4, 0.5) is 11.4 Å². The quantitative estimate of drug-likeness (QED) is 0.750. The number of carbonyl (C=O) groups excluding carboxylic acids is 3. The lowest BCUT2D eigenvalue weighted by Crippen LogP contribution is -2.46. The Morgan fingerprint density at radius 2 is 1.68 bits per heavy atom. The van der Waals surface area contributed by atoms with E-state index in [1.807, 2.05) is 13.8 Å². The van der Waals surface area contributed by atoms with E-state index in [4.69, 9.17) is 4.42 Å². The Hall–Kier alpha value is -3.09. The van der Waals surface area contributed by atoms with E-state index in [1.54, 1.807) is 36.4 Å². The molecule has 2 aromatic rings. The summed E-state index contributed by atoms with van der Waals surface area (Å²) in [5.74, 6) is -0.842. The second-order valence-corrected chi connectivity index (χ2v) is 5.92. The monoisotopic (exact) mass is 343 g/mol. The van der Waals surface area contributed by atoms with Crippen LogP contribution < -0.4 is 16.0 Å². The summed E-state index contributed by atoms with van der Waals surface area (Å²) in [6.07, 6.45) is 1.42. The molecule has 0 aliphatic carbocycles. The maximum atomic E-state index is 12.4. The molecule has 0 aliphatic heterocycles. The number of furan rings is 1. The standard InChI is InChI=1S/C18H21N3O4/c1-11(2)16(19-12(3)22)18(24)21-14-7-4-6-13(10-14)20-17(23)15-8-5-9-25-15/h4-11,16H,1-3H3,(H,19,22)(H,20,23)(H,21,24)/t16-/m1/s1. The first-order valence-electron chi connectivity index (χ1n) is 7.89. The van der Waals surface area contributed by atoms with Crippen molar-refractivity contribution >= 4 is 29.1 Å². The number of nitrogens with one attached hydrogen (secondary N) is 3. The lowest BCUT2D eigenvalue weighted by Gasteiger charge is -2.21. The molecule has 0 spiro atoms. The van der Waals surface area contributed by atoms with Gasteiger partial charge >= 0.3 is 0 Å². The van der Waals surface area contributed by atoms with E-state index in [1.165, 1.54) is 13.2 Å². The molecule has 0 bridgehead atoms. The third kappa shape index (κ3) is 5.20. The minimum Gasteiger partial charge on any atom is -0.459 e. The summed E-state index contributed by atoms with van der Waals surface area (Å²) in [6, 6.07) is 9.27. The highest BCUT2D eigenvalue weighted by atomic mass is 16.3. The molecule has 3 amide bonds. The summed E-state index contributed by atoms with van der Waals surface area (Å²) in [6.45, 7) is 5.06. The molecule has 2 rings (SSSR count). The van der Waals surface area contributed by atoms with Crippen molar-refractivity contribution in [3.63, 3.8) is 0 Å². The molecule has 25 heavy (non-hydrogen) atoms. The van der Waals surface area contributed by atoms with Gasteiger partial charge in [-0.15, -0.1) is 0 Å². The summed E-state index contributed by atoms with van der Waals surface area (Å²) in [5, 5.41) is 8.07. The molecule has 0 aliphatic rings. The third-order valence-electron chi connectivity index (χ3n) is 3.44. The van der Waals surface area contributed by atoms with E-state index in [2.05, 4.69) is 16.0 Å². The Labute approximate surface area is 145 Å². The first kappa shape index (κ1) is 18.3. The van der Waals surface area contributed by atoms with Gasteiger partial charge in [-0.2, -0.15) is 0 Å². The summed E-state index contributed by atoms with van der Waals surface area (Å²) in [5.41, 5.74) is 1.03. The van der Waals surface area contributed by atoms with Crippen molar-refractivity contribution < 1.29 is 18.8 Å². The van der Waals surface area contributed by atoms with Crippen LogP contribution in [0.25, 0.3) is 0 Å². The summed E-state index contributed by atoms with van der Waals surface area (Å²) in [4.78, 5) is 35.6. The molecule has 0 radical (unpaired) electrons. The van der Waals surface area contributed by atoms with Crippen LogP contribution in [0.15, 0.2) is 47.1 Å². The first-order valence-corrected chi connectivity index (χ1v) is 7.89. The van der Waals surface area contributed by atoms with Crippen molar-refractivity contribution in [1.29, 1.82) is 0 Å². The fourth-order valence-electron chi connectivity index (χ4n) is 2.25. The lowest BCUT2D eigenvalue weighted by atomic mass is 10.0. The van der Waals surface area contributed by atoms with Crippen LogP contribution in [0.3, 0.4) is 0 Å². The largest absolute Gasteiger partial charge is 0.459 e. The summed E-state index contributed by atoms with van der Waals surface area (Å²) < 4.78 is 5.04. The van der Waals surface area contributed by atoms with Crippen LogP contribution >= 0.6 is 0 Å². The van der Waals surface area contributed by atoms with Gasteiger partial charge in [0.15, 0.2) is 5.76 Å². The molecule has 1 aromatic heterocycles. The summed E-state index contributed by atoms with van der Waals surface area (Å²) in [7, 11) is 0. The van der Waals surface area contributed by atoms with Crippen molar-refractivity contribution in [2.75, 3.05) is 10.6 Å². The Bertz CT molecular complexity index is 753. The Kier molecular flexibility index (Phi) is 5.94. The highest BCUT2D eigenvalue weighted by Crippen LogP contribution is 2.17. The van der Waals surface area contributed by atoms with Crippen LogP contribution in [0, 0.1) is 5.92 Å². The van der Waals surface area contributed by atoms with Crippen molar-refractivity contribution in [3.05, 3.63) is 48.4 Å². The molecule has 0 fully saturated rings. The van der Waals surface area contributed by atoms with Gasteiger partial charge in [0.05, 0.1) is 6.26 Å². The van der Waals surface area contributed by atoms with Gasteiger partial charge in [-0.05, 0) is 36.2 Å². The highest BCUT2D eigenvalue weighted by molar-refractivity contribution is 6.03. The van der Waals surface area contributed by atoms with Crippen molar-refractivity contribution in [3.8, 4) is 0 Å². The molecule has 0 saturated carbocycles. The van der Waals surface area contributed by atoms with E-state index < -0.39 is 6.04 Å². The van der Waals surface area contributed by atoms with Crippen molar-refractivity contribution in [2.45, 2.75) is 26.8 Å². The molecule has 0 saturated heterocycles. The van der Waals surface area contributed by atoms with Gasteiger partial charge in [-0.1, -0.05) is 19.9 Å². The topological polar surface area (TPSA) is 100 Å². The zero-order chi connectivity index (χ0) is 18.4. The van der Waals surface area contributed by atoms with Gasteiger partial charge < -0.3 is 20.4 Å². The van der Waals surface area contributed by atoms with Gasteiger partial charge in [0.25, 0.3) is 5.91 Å². The second-order valence-electron chi connectivity index (χ2n) is 5.92. The zero-order valence-corrected chi connectivity index (χ0v) is 14.3. The maximum Gasteiger partial charge on any atom is 0.291 e. The molecule has 132 valence electrons. The summed E-state index contributed by atoms with van der Waals surface area (Å²) >= 11 is 0. The molecular weight excluding hydrogens is 322 g/mol. The van der Waals surface area contributed by atoms with Crippen LogP contribution in [-0.4, -0.2) is 23.8 Å². The minimum atomic E-state index is -0.640. The van der Waals surface area contributed by atoms with Crippen LogP contribution in [0.5, 0.6) is 0 Å². The van der Waals surface area contributed by atoms with E-state index in [9.17, 15) is 14.4 Å². The van der Waals surface area contributed by atoms with E-state index in [0.717, 1.165) is 0 Å². The fraction of sp³-hybridized carbons (Fsp3) is 0.278. The van der Waals surface area contributed by atoms with E-state index in [0.29, 0.717) is 11.4 Å².